The smallest absolute Gasteiger partial charge is 0.281 e. The molecule has 0 aromatic heterocycles. The first-order valence-electron chi connectivity index (χ1n) is 7.03. The SMILES string of the molecule is CN(CCC1CCNCC1)S(=O)(=O)N1CCCC1. The van der Waals surface area contributed by atoms with E-state index in [1.807, 2.05) is 0 Å². The van der Waals surface area contributed by atoms with Crippen molar-refractivity contribution in [1.82, 2.24) is 13.9 Å². The fraction of sp³-hybridized carbons (Fsp3) is 1.00. The van der Waals surface area contributed by atoms with Crippen molar-refractivity contribution in [2.45, 2.75) is 32.1 Å². The van der Waals surface area contributed by atoms with E-state index in [2.05, 4.69) is 5.32 Å². The third-order valence-corrected chi connectivity index (χ3v) is 6.08. The summed E-state index contributed by atoms with van der Waals surface area (Å²) in [6.07, 6.45) is 5.35. The molecule has 0 aromatic carbocycles. The average molecular weight is 275 g/mol. The van der Waals surface area contributed by atoms with E-state index in [1.54, 1.807) is 15.7 Å². The Morgan fingerprint density at radius 2 is 1.83 bits per heavy atom. The lowest BCUT2D eigenvalue weighted by atomic mass is 9.95. The number of rotatable bonds is 5. The highest BCUT2D eigenvalue weighted by atomic mass is 32.2. The highest BCUT2D eigenvalue weighted by molar-refractivity contribution is 7.86. The fourth-order valence-corrected chi connectivity index (χ4v) is 4.22. The molecule has 2 rings (SSSR count). The second-order valence-corrected chi connectivity index (χ2v) is 7.45. The number of piperidine rings is 1. The quantitative estimate of drug-likeness (QED) is 0.801. The van der Waals surface area contributed by atoms with Crippen molar-refractivity contribution in [1.29, 1.82) is 0 Å². The topological polar surface area (TPSA) is 52.7 Å². The largest absolute Gasteiger partial charge is 0.317 e. The third kappa shape index (κ3) is 3.44. The molecule has 0 aliphatic carbocycles. The molecule has 0 spiro atoms. The van der Waals surface area contributed by atoms with E-state index in [-0.39, 0.29) is 0 Å². The zero-order chi connectivity index (χ0) is 13.0. The summed E-state index contributed by atoms with van der Waals surface area (Å²) in [5.74, 6) is 0.683. The summed E-state index contributed by atoms with van der Waals surface area (Å²) in [5.41, 5.74) is 0. The van der Waals surface area contributed by atoms with Gasteiger partial charge in [0.25, 0.3) is 10.2 Å². The van der Waals surface area contributed by atoms with Crippen molar-refractivity contribution in [2.75, 3.05) is 39.8 Å². The van der Waals surface area contributed by atoms with Crippen LogP contribution in [0, 0.1) is 5.92 Å². The van der Waals surface area contributed by atoms with Crippen LogP contribution in [0.25, 0.3) is 0 Å². The van der Waals surface area contributed by atoms with Crippen molar-refractivity contribution in [3.05, 3.63) is 0 Å². The van der Waals surface area contributed by atoms with E-state index in [4.69, 9.17) is 0 Å². The Balaban J connectivity index is 1.80. The Hall–Kier alpha value is -0.170. The first-order valence-corrected chi connectivity index (χ1v) is 8.42. The van der Waals surface area contributed by atoms with Crippen LogP contribution in [-0.4, -0.2) is 56.8 Å². The number of hydrogen-bond acceptors (Lipinski definition) is 3. The molecule has 6 heteroatoms. The summed E-state index contributed by atoms with van der Waals surface area (Å²) in [4.78, 5) is 0. The summed E-state index contributed by atoms with van der Waals surface area (Å²) in [7, 11) is -1.47. The van der Waals surface area contributed by atoms with Gasteiger partial charge in [0.05, 0.1) is 0 Å². The van der Waals surface area contributed by atoms with Gasteiger partial charge in [-0.25, -0.2) is 0 Å². The minimum absolute atomic E-state index is 0.656. The van der Waals surface area contributed by atoms with Crippen molar-refractivity contribution < 1.29 is 8.42 Å². The Bertz CT molecular complexity index is 346. The molecule has 0 atom stereocenters. The van der Waals surface area contributed by atoms with E-state index in [9.17, 15) is 8.42 Å². The van der Waals surface area contributed by atoms with Gasteiger partial charge in [-0.1, -0.05) is 0 Å². The molecule has 5 nitrogen and oxygen atoms in total. The summed E-state index contributed by atoms with van der Waals surface area (Å²) < 4.78 is 27.7. The van der Waals surface area contributed by atoms with E-state index < -0.39 is 10.2 Å². The second-order valence-electron chi connectivity index (χ2n) is 5.42. The molecule has 0 saturated carbocycles. The normalized spacial score (nSPS) is 23.9. The van der Waals surface area contributed by atoms with Gasteiger partial charge in [-0.05, 0) is 51.1 Å². The first-order chi connectivity index (χ1) is 8.60. The first kappa shape index (κ1) is 14.2. The third-order valence-electron chi connectivity index (χ3n) is 4.10. The van der Waals surface area contributed by atoms with E-state index in [0.29, 0.717) is 25.6 Å². The van der Waals surface area contributed by atoms with Gasteiger partial charge >= 0.3 is 0 Å². The number of nitrogens with zero attached hydrogens (tertiary/aromatic N) is 2. The van der Waals surface area contributed by atoms with Crippen LogP contribution in [0.15, 0.2) is 0 Å². The van der Waals surface area contributed by atoms with Gasteiger partial charge in [0, 0.05) is 26.7 Å². The van der Waals surface area contributed by atoms with Crippen LogP contribution in [-0.2, 0) is 10.2 Å². The summed E-state index contributed by atoms with van der Waals surface area (Å²) in [5, 5.41) is 3.34. The fourth-order valence-electron chi connectivity index (χ4n) is 2.77. The molecule has 2 fully saturated rings. The molecule has 0 amide bonds. The van der Waals surface area contributed by atoms with Crippen LogP contribution < -0.4 is 5.32 Å². The minimum atomic E-state index is -3.19. The van der Waals surface area contributed by atoms with Crippen molar-refractivity contribution >= 4 is 10.2 Å². The van der Waals surface area contributed by atoms with Crippen LogP contribution in [0.5, 0.6) is 0 Å². The van der Waals surface area contributed by atoms with E-state index in [1.165, 1.54) is 12.8 Å². The standard InChI is InChI=1S/C12H25N3O2S/c1-14(11-6-12-4-7-13-8-5-12)18(16,17)15-9-2-3-10-15/h12-13H,2-11H2,1H3. The van der Waals surface area contributed by atoms with Crippen molar-refractivity contribution in [2.24, 2.45) is 5.92 Å². The molecule has 2 heterocycles. The monoisotopic (exact) mass is 275 g/mol. The van der Waals surface area contributed by atoms with Gasteiger partial charge in [-0.15, -0.1) is 0 Å². The van der Waals surface area contributed by atoms with Crippen LogP contribution in [0.1, 0.15) is 32.1 Å². The van der Waals surface area contributed by atoms with Gasteiger partial charge < -0.3 is 5.32 Å². The number of hydrogen-bond donors (Lipinski definition) is 1. The van der Waals surface area contributed by atoms with Crippen molar-refractivity contribution in [3.8, 4) is 0 Å². The summed E-state index contributed by atoms with van der Waals surface area (Å²) >= 11 is 0. The number of nitrogens with one attached hydrogen (secondary N) is 1. The lowest BCUT2D eigenvalue weighted by Crippen LogP contribution is -2.41. The molecular formula is C12H25N3O2S. The Morgan fingerprint density at radius 1 is 1.22 bits per heavy atom. The maximum absolute atomic E-state index is 12.2. The molecule has 1 N–H and O–H groups in total. The minimum Gasteiger partial charge on any atom is -0.317 e. The van der Waals surface area contributed by atoms with Gasteiger partial charge in [0.2, 0.25) is 0 Å². The van der Waals surface area contributed by atoms with Crippen LogP contribution >= 0.6 is 0 Å². The molecule has 106 valence electrons. The Labute approximate surface area is 111 Å². The maximum atomic E-state index is 12.2. The lowest BCUT2D eigenvalue weighted by Gasteiger charge is -2.27. The molecule has 0 aromatic rings. The van der Waals surface area contributed by atoms with Crippen LogP contribution in [0.3, 0.4) is 0 Å². The van der Waals surface area contributed by atoms with Crippen molar-refractivity contribution in [3.63, 3.8) is 0 Å². The second kappa shape index (κ2) is 6.32. The van der Waals surface area contributed by atoms with Gasteiger partial charge in [-0.3, -0.25) is 0 Å². The highest BCUT2D eigenvalue weighted by Gasteiger charge is 2.29. The van der Waals surface area contributed by atoms with E-state index in [0.717, 1.165) is 32.4 Å². The molecule has 0 radical (unpaired) electrons. The molecule has 2 aliphatic heterocycles. The molecular weight excluding hydrogens is 250 g/mol. The Kier molecular flexibility index (Phi) is 5.00. The highest BCUT2D eigenvalue weighted by Crippen LogP contribution is 2.19. The molecule has 0 bridgehead atoms. The predicted molar refractivity (Wildman–Crippen MR) is 72.6 cm³/mol. The molecule has 2 saturated heterocycles. The van der Waals surface area contributed by atoms with Gasteiger partial charge in [0.15, 0.2) is 0 Å². The van der Waals surface area contributed by atoms with Gasteiger partial charge in [0.1, 0.15) is 0 Å². The zero-order valence-corrected chi connectivity index (χ0v) is 12.1. The van der Waals surface area contributed by atoms with Crippen LogP contribution in [0.2, 0.25) is 0 Å². The lowest BCUT2D eigenvalue weighted by molar-refractivity contribution is 0.316. The molecule has 18 heavy (non-hydrogen) atoms. The average Bonchev–Trinajstić information content (AvgIpc) is 2.91. The predicted octanol–water partition coefficient (Wildman–Crippen LogP) is 0.649. The van der Waals surface area contributed by atoms with Crippen LogP contribution in [0.4, 0.5) is 0 Å². The summed E-state index contributed by atoms with van der Waals surface area (Å²) in [6.45, 7) is 4.20. The maximum Gasteiger partial charge on any atom is 0.281 e. The summed E-state index contributed by atoms with van der Waals surface area (Å²) in [6, 6.07) is 0. The van der Waals surface area contributed by atoms with Gasteiger partial charge in [-0.2, -0.15) is 17.0 Å². The molecule has 0 unspecified atom stereocenters. The molecule has 2 aliphatic rings. The zero-order valence-electron chi connectivity index (χ0n) is 11.3. The Morgan fingerprint density at radius 3 is 2.44 bits per heavy atom. The van der Waals surface area contributed by atoms with E-state index >= 15 is 0 Å².